The molecule has 0 spiro atoms. The second kappa shape index (κ2) is 15.1. The number of alkyl carbamates (subject to hydrolysis) is 1. The van der Waals surface area contributed by atoms with Gasteiger partial charge in [-0.2, -0.15) is 0 Å². The van der Waals surface area contributed by atoms with Crippen molar-refractivity contribution in [3.05, 3.63) is 70.6 Å². The zero-order valence-electron chi connectivity index (χ0n) is 25.8. The monoisotopic (exact) mass is 586 g/mol. The van der Waals surface area contributed by atoms with E-state index in [1.165, 1.54) is 0 Å². The number of nitrogens with zero attached hydrogens (tertiary/aromatic N) is 3. The highest BCUT2D eigenvalue weighted by atomic mass is 28.4. The Morgan fingerprint density at radius 3 is 2.12 bits per heavy atom. The molecule has 0 radical (unpaired) electrons. The van der Waals surface area contributed by atoms with Gasteiger partial charge in [0.15, 0.2) is 8.32 Å². The van der Waals surface area contributed by atoms with Crippen molar-refractivity contribution in [2.75, 3.05) is 20.3 Å². The number of benzene rings is 2. The molecule has 1 amide bonds. The van der Waals surface area contributed by atoms with E-state index in [-0.39, 0.29) is 24.9 Å². The number of rotatable bonds is 14. The van der Waals surface area contributed by atoms with Crippen molar-refractivity contribution in [3.63, 3.8) is 0 Å². The van der Waals surface area contributed by atoms with Crippen LogP contribution < -0.4 is 14.8 Å². The first-order chi connectivity index (χ1) is 19.1. The van der Waals surface area contributed by atoms with Crippen molar-refractivity contribution in [1.29, 1.82) is 0 Å². The van der Waals surface area contributed by atoms with E-state index in [0.29, 0.717) is 11.5 Å². The van der Waals surface area contributed by atoms with Crippen LogP contribution in [0.4, 0.5) is 4.79 Å². The predicted octanol–water partition coefficient (Wildman–Crippen LogP) is 7.25. The Kier molecular flexibility index (Phi) is 12.5. The molecule has 0 saturated heterocycles. The number of azide groups is 1. The predicted molar refractivity (Wildman–Crippen MR) is 163 cm³/mol. The molecule has 2 aromatic rings. The average Bonchev–Trinajstić information content (AvgIpc) is 2.89. The summed E-state index contributed by atoms with van der Waals surface area (Å²) < 4.78 is 29.8. The maximum Gasteiger partial charge on any atom is 0.408 e. The van der Waals surface area contributed by atoms with Gasteiger partial charge in [0.05, 0.1) is 31.9 Å². The lowest BCUT2D eigenvalue weighted by molar-refractivity contribution is -0.0250. The molecule has 3 atom stereocenters. The van der Waals surface area contributed by atoms with Crippen molar-refractivity contribution in [2.45, 2.75) is 90.1 Å². The molecule has 2 rings (SSSR count). The van der Waals surface area contributed by atoms with Crippen LogP contribution in [0.3, 0.4) is 0 Å². The zero-order chi connectivity index (χ0) is 30.7. The topological polar surface area (TPSA) is 124 Å². The molecule has 0 bridgehead atoms. The number of hydrogen-bond acceptors (Lipinski definition) is 7. The molecule has 0 unspecified atom stereocenters. The summed E-state index contributed by atoms with van der Waals surface area (Å²) in [4.78, 5) is 16.1. The van der Waals surface area contributed by atoms with Crippen LogP contribution in [0.25, 0.3) is 10.4 Å². The van der Waals surface area contributed by atoms with E-state index in [9.17, 15) is 10.3 Å². The van der Waals surface area contributed by atoms with Crippen molar-refractivity contribution in [3.8, 4) is 11.5 Å². The third kappa shape index (κ3) is 11.6. The molecule has 0 aliphatic carbocycles. The van der Waals surface area contributed by atoms with E-state index >= 15 is 0 Å². The lowest BCUT2D eigenvalue weighted by Crippen LogP contribution is -2.55. The van der Waals surface area contributed by atoms with Crippen LogP contribution in [0, 0.1) is 0 Å². The molecule has 1 N–H and O–H groups in total. The first kappa shape index (κ1) is 34.0. The van der Waals surface area contributed by atoms with Gasteiger partial charge < -0.3 is 28.7 Å². The van der Waals surface area contributed by atoms with Gasteiger partial charge in [0.1, 0.15) is 23.7 Å². The van der Waals surface area contributed by atoms with E-state index in [0.717, 1.165) is 5.56 Å². The minimum Gasteiger partial charge on any atom is -0.497 e. The van der Waals surface area contributed by atoms with Crippen molar-refractivity contribution in [1.82, 2.24) is 5.32 Å². The summed E-state index contributed by atoms with van der Waals surface area (Å²) in [7, 11) is -0.612. The number of carbonyl (C=O) groups is 1. The van der Waals surface area contributed by atoms with Crippen LogP contribution in [0.1, 0.15) is 47.1 Å². The van der Waals surface area contributed by atoms with Crippen molar-refractivity contribution in [2.24, 2.45) is 5.11 Å². The summed E-state index contributed by atoms with van der Waals surface area (Å²) in [5.74, 6) is 1.26. The maximum atomic E-state index is 13.0. The molecule has 10 nitrogen and oxygen atoms in total. The summed E-state index contributed by atoms with van der Waals surface area (Å²) in [5.41, 5.74) is 9.74. The molecular formula is C30H46N4O6Si. The molecule has 226 valence electrons. The smallest absolute Gasteiger partial charge is 0.408 e. The fourth-order valence-corrected chi connectivity index (χ4v) is 4.59. The van der Waals surface area contributed by atoms with Gasteiger partial charge in [0.25, 0.3) is 0 Å². The summed E-state index contributed by atoms with van der Waals surface area (Å²) in [6.45, 7) is 16.4. The molecule has 11 heteroatoms. The minimum absolute atomic E-state index is 0.0164. The van der Waals surface area contributed by atoms with Crippen LogP contribution in [-0.4, -0.2) is 58.5 Å². The highest BCUT2D eigenvalue weighted by Crippen LogP contribution is 2.37. The van der Waals surface area contributed by atoms with Gasteiger partial charge >= 0.3 is 6.09 Å². The number of amides is 1. The highest BCUT2D eigenvalue weighted by Gasteiger charge is 2.40. The van der Waals surface area contributed by atoms with Crippen molar-refractivity contribution >= 4 is 14.4 Å². The molecule has 2 aromatic carbocycles. The maximum absolute atomic E-state index is 13.0. The second-order valence-electron chi connectivity index (χ2n) is 12.3. The van der Waals surface area contributed by atoms with Gasteiger partial charge in [-0.25, -0.2) is 4.79 Å². The number of ether oxygens (including phenoxy) is 4. The molecule has 0 heterocycles. The highest BCUT2D eigenvalue weighted by molar-refractivity contribution is 6.74. The summed E-state index contributed by atoms with van der Waals surface area (Å²) in [6, 6.07) is 15.2. The van der Waals surface area contributed by atoms with Gasteiger partial charge in [-0.1, -0.05) is 56.2 Å². The van der Waals surface area contributed by atoms with E-state index in [1.807, 2.05) is 30.3 Å². The molecule has 0 aromatic heterocycles. The molecule has 0 aliphatic rings. The quantitative estimate of drug-likeness (QED) is 0.108. The minimum atomic E-state index is -2.20. The number of hydrogen-bond donors (Lipinski definition) is 1. The van der Waals surface area contributed by atoms with Crippen LogP contribution in [0.5, 0.6) is 11.5 Å². The number of methoxy groups -OCH3 is 1. The first-order valence-electron chi connectivity index (χ1n) is 13.8. The van der Waals surface area contributed by atoms with Gasteiger partial charge in [0, 0.05) is 11.5 Å². The Morgan fingerprint density at radius 1 is 0.976 bits per heavy atom. The lowest BCUT2D eigenvalue weighted by atomic mass is 10.0. The Hall–Kier alpha value is -3.24. The third-order valence-corrected chi connectivity index (χ3v) is 11.4. The molecule has 41 heavy (non-hydrogen) atoms. The normalized spacial score (nSPS) is 14.3. The van der Waals surface area contributed by atoms with Crippen LogP contribution in [0.15, 0.2) is 59.7 Å². The van der Waals surface area contributed by atoms with E-state index in [2.05, 4.69) is 49.2 Å². The first-order valence-corrected chi connectivity index (χ1v) is 16.7. The Balaban J connectivity index is 2.43. The molecule has 0 aliphatic heterocycles. The number of nitrogens with one attached hydrogen (secondary N) is 1. The van der Waals surface area contributed by atoms with E-state index in [4.69, 9.17) is 23.4 Å². The fraction of sp³-hybridized carbons (Fsp3) is 0.567. The molecule has 0 saturated carbocycles. The largest absolute Gasteiger partial charge is 0.497 e. The van der Waals surface area contributed by atoms with Crippen LogP contribution >= 0.6 is 0 Å². The van der Waals surface area contributed by atoms with Gasteiger partial charge in [0.2, 0.25) is 0 Å². The van der Waals surface area contributed by atoms with Crippen LogP contribution in [-0.2, 0) is 20.5 Å². The van der Waals surface area contributed by atoms with E-state index in [1.54, 1.807) is 52.1 Å². The summed E-state index contributed by atoms with van der Waals surface area (Å²) in [6.07, 6.45) is -1.44. The molecular weight excluding hydrogens is 540 g/mol. The standard InChI is InChI=1S/C30H46N4O6Si/c1-29(2,3)40-28(35)32-25(20-37-24-17-15-23(36-7)16-18-24)27(38-19-22-13-11-10-12-14-22)26(33-34-31)21-39-41(8,9)30(4,5)6/h10-18,25-27H,19-21H2,1-9H3,(H,32,35)/t25-,26+,27-/m0/s1. The summed E-state index contributed by atoms with van der Waals surface area (Å²) >= 11 is 0. The Morgan fingerprint density at radius 2 is 1.59 bits per heavy atom. The average molecular weight is 587 g/mol. The van der Waals surface area contributed by atoms with Gasteiger partial charge in [-0.15, -0.1) is 0 Å². The fourth-order valence-electron chi connectivity index (χ4n) is 3.57. The van der Waals surface area contributed by atoms with Gasteiger partial charge in [-0.05, 0) is 74.3 Å². The Bertz CT molecular complexity index is 1130. The van der Waals surface area contributed by atoms with E-state index < -0.39 is 38.2 Å². The van der Waals surface area contributed by atoms with Crippen molar-refractivity contribution < 1.29 is 28.2 Å². The zero-order valence-corrected chi connectivity index (χ0v) is 26.8. The molecule has 0 fully saturated rings. The third-order valence-electron chi connectivity index (χ3n) is 6.87. The summed E-state index contributed by atoms with van der Waals surface area (Å²) in [5, 5.41) is 6.94. The number of carbonyl (C=O) groups excluding carboxylic acids is 1. The second-order valence-corrected chi connectivity index (χ2v) is 17.2. The lowest BCUT2D eigenvalue weighted by Gasteiger charge is -2.38. The SMILES string of the molecule is COc1ccc(OC[C@H](NC(=O)OC(C)(C)C)[C@H](OCc2ccccc2)[C@@H](CO[Si](C)(C)C(C)(C)C)N=[N+]=[N-])cc1. The van der Waals surface area contributed by atoms with Crippen LogP contribution in [0.2, 0.25) is 18.1 Å². The van der Waals surface area contributed by atoms with Gasteiger partial charge in [-0.3, -0.25) is 0 Å². The Labute approximate surface area is 245 Å².